The molecule has 0 aliphatic heterocycles. The monoisotopic (exact) mass is 350 g/mol. The SMILES string of the molecule is CCOC(=O)c1cc(C(C)(C)C)n(-c2cccc(Br)c2)n1. The highest BCUT2D eigenvalue weighted by molar-refractivity contribution is 9.10. The molecule has 0 bridgehead atoms. The minimum atomic E-state index is -0.392. The molecule has 1 aromatic heterocycles. The Hall–Kier alpha value is -1.62. The first-order chi connectivity index (χ1) is 9.82. The van der Waals surface area contributed by atoms with Crippen LogP contribution < -0.4 is 0 Å². The van der Waals surface area contributed by atoms with Gasteiger partial charge in [-0.25, -0.2) is 9.48 Å². The van der Waals surface area contributed by atoms with Crippen LogP contribution in [0.2, 0.25) is 0 Å². The summed E-state index contributed by atoms with van der Waals surface area (Å²) in [5.41, 5.74) is 2.07. The number of carbonyl (C=O) groups excluding carboxylic acids is 1. The van der Waals surface area contributed by atoms with E-state index in [1.807, 2.05) is 24.3 Å². The number of hydrogen-bond acceptors (Lipinski definition) is 3. The molecule has 0 N–H and O–H groups in total. The van der Waals surface area contributed by atoms with Gasteiger partial charge >= 0.3 is 5.97 Å². The summed E-state index contributed by atoms with van der Waals surface area (Å²) in [4.78, 5) is 11.9. The summed E-state index contributed by atoms with van der Waals surface area (Å²) in [6.07, 6.45) is 0. The summed E-state index contributed by atoms with van der Waals surface area (Å²) in [5.74, 6) is -0.392. The van der Waals surface area contributed by atoms with Crippen LogP contribution in [-0.4, -0.2) is 22.4 Å². The Morgan fingerprint density at radius 3 is 2.62 bits per heavy atom. The summed E-state index contributed by atoms with van der Waals surface area (Å²) < 4.78 is 7.81. The van der Waals surface area contributed by atoms with Crippen LogP contribution in [0.1, 0.15) is 43.9 Å². The molecule has 0 saturated heterocycles. The molecule has 4 nitrogen and oxygen atoms in total. The molecule has 0 unspecified atom stereocenters. The molecule has 1 aromatic carbocycles. The Kier molecular flexibility index (Phi) is 4.52. The highest BCUT2D eigenvalue weighted by Crippen LogP contribution is 2.27. The molecule has 5 heteroatoms. The lowest BCUT2D eigenvalue weighted by molar-refractivity contribution is 0.0519. The van der Waals surface area contributed by atoms with Gasteiger partial charge in [0.15, 0.2) is 5.69 Å². The van der Waals surface area contributed by atoms with Gasteiger partial charge in [0.05, 0.1) is 18.0 Å². The van der Waals surface area contributed by atoms with E-state index in [2.05, 4.69) is 41.8 Å². The maximum absolute atomic E-state index is 11.9. The molecule has 112 valence electrons. The lowest BCUT2D eigenvalue weighted by Crippen LogP contribution is -2.17. The Balaban J connectivity index is 2.56. The van der Waals surface area contributed by atoms with Crippen LogP contribution in [0.5, 0.6) is 0 Å². The third-order valence-corrected chi connectivity index (χ3v) is 3.51. The molecule has 2 rings (SSSR count). The van der Waals surface area contributed by atoms with E-state index in [1.54, 1.807) is 17.7 Å². The van der Waals surface area contributed by atoms with E-state index < -0.39 is 5.97 Å². The van der Waals surface area contributed by atoms with Gasteiger partial charge < -0.3 is 4.74 Å². The number of nitrogens with zero attached hydrogens (tertiary/aromatic N) is 2. The minimum Gasteiger partial charge on any atom is -0.461 e. The van der Waals surface area contributed by atoms with E-state index in [-0.39, 0.29) is 5.41 Å². The Morgan fingerprint density at radius 1 is 1.33 bits per heavy atom. The van der Waals surface area contributed by atoms with E-state index >= 15 is 0 Å². The van der Waals surface area contributed by atoms with E-state index in [9.17, 15) is 4.79 Å². The Labute approximate surface area is 133 Å². The molecule has 2 aromatic rings. The Morgan fingerprint density at radius 2 is 2.05 bits per heavy atom. The minimum absolute atomic E-state index is 0.139. The van der Waals surface area contributed by atoms with Gasteiger partial charge in [0.1, 0.15) is 0 Å². The average molecular weight is 351 g/mol. The van der Waals surface area contributed by atoms with E-state index in [4.69, 9.17) is 4.74 Å². The zero-order valence-electron chi connectivity index (χ0n) is 12.7. The topological polar surface area (TPSA) is 44.1 Å². The number of hydrogen-bond donors (Lipinski definition) is 0. The first-order valence-corrected chi connectivity index (χ1v) is 7.66. The average Bonchev–Trinajstić information content (AvgIpc) is 2.84. The normalized spacial score (nSPS) is 11.5. The summed E-state index contributed by atoms with van der Waals surface area (Å²) >= 11 is 3.46. The van der Waals surface area contributed by atoms with Gasteiger partial charge in [-0.15, -0.1) is 0 Å². The lowest BCUT2D eigenvalue weighted by Gasteiger charge is -2.20. The van der Waals surface area contributed by atoms with E-state index in [0.29, 0.717) is 12.3 Å². The van der Waals surface area contributed by atoms with Crippen molar-refractivity contribution in [3.05, 3.63) is 46.2 Å². The third kappa shape index (κ3) is 3.53. The molecule has 0 radical (unpaired) electrons. The quantitative estimate of drug-likeness (QED) is 0.782. The molecular formula is C16H19BrN2O2. The predicted molar refractivity (Wildman–Crippen MR) is 85.9 cm³/mol. The maximum atomic E-state index is 11.9. The fourth-order valence-corrected chi connectivity index (χ4v) is 2.41. The van der Waals surface area contributed by atoms with Crippen LogP contribution in [0.15, 0.2) is 34.8 Å². The molecule has 0 fully saturated rings. The van der Waals surface area contributed by atoms with Crippen LogP contribution in [0, 0.1) is 0 Å². The third-order valence-electron chi connectivity index (χ3n) is 3.02. The van der Waals surface area contributed by atoms with Crippen LogP contribution in [0.25, 0.3) is 5.69 Å². The molecule has 0 aliphatic carbocycles. The molecule has 1 heterocycles. The molecule has 0 atom stereocenters. The standard InChI is InChI=1S/C16H19BrN2O2/c1-5-21-15(20)13-10-14(16(2,3)4)19(18-13)12-8-6-7-11(17)9-12/h6-10H,5H2,1-4H3. The van der Waals surface area contributed by atoms with E-state index in [0.717, 1.165) is 15.9 Å². The number of benzene rings is 1. The van der Waals surface area contributed by atoms with Crippen molar-refractivity contribution in [3.8, 4) is 5.69 Å². The van der Waals surface area contributed by atoms with Crippen molar-refractivity contribution in [1.82, 2.24) is 9.78 Å². The number of rotatable bonds is 3. The fraction of sp³-hybridized carbons (Fsp3) is 0.375. The van der Waals surface area contributed by atoms with Gasteiger partial charge in [0.2, 0.25) is 0 Å². The van der Waals surface area contributed by atoms with Crippen LogP contribution >= 0.6 is 15.9 Å². The Bertz CT molecular complexity index is 657. The van der Waals surface area contributed by atoms with Crippen molar-refractivity contribution >= 4 is 21.9 Å². The summed E-state index contributed by atoms with van der Waals surface area (Å²) in [6, 6.07) is 9.63. The second kappa shape index (κ2) is 6.02. The predicted octanol–water partition coefficient (Wildman–Crippen LogP) is 4.11. The molecule has 0 aliphatic rings. The first-order valence-electron chi connectivity index (χ1n) is 6.86. The smallest absolute Gasteiger partial charge is 0.358 e. The van der Waals surface area contributed by atoms with Crippen molar-refractivity contribution in [1.29, 1.82) is 0 Å². The van der Waals surface area contributed by atoms with E-state index in [1.165, 1.54) is 0 Å². The largest absolute Gasteiger partial charge is 0.461 e. The maximum Gasteiger partial charge on any atom is 0.358 e. The zero-order valence-corrected chi connectivity index (χ0v) is 14.3. The zero-order chi connectivity index (χ0) is 15.6. The van der Waals surface area contributed by atoms with Crippen LogP contribution in [0.3, 0.4) is 0 Å². The van der Waals surface area contributed by atoms with Crippen molar-refractivity contribution in [2.24, 2.45) is 0 Å². The van der Waals surface area contributed by atoms with Crippen molar-refractivity contribution < 1.29 is 9.53 Å². The highest BCUT2D eigenvalue weighted by atomic mass is 79.9. The molecule has 0 spiro atoms. The van der Waals surface area contributed by atoms with Crippen molar-refractivity contribution in [2.45, 2.75) is 33.1 Å². The van der Waals surface area contributed by atoms with Crippen molar-refractivity contribution in [3.63, 3.8) is 0 Å². The molecule has 21 heavy (non-hydrogen) atoms. The highest BCUT2D eigenvalue weighted by Gasteiger charge is 2.24. The molecule has 0 saturated carbocycles. The number of ether oxygens (including phenoxy) is 1. The summed E-state index contributed by atoms with van der Waals surface area (Å²) in [6.45, 7) is 8.40. The second-order valence-corrected chi connectivity index (χ2v) is 6.69. The second-order valence-electron chi connectivity index (χ2n) is 5.78. The number of aromatic nitrogens is 2. The van der Waals surface area contributed by atoms with Gasteiger partial charge in [0.25, 0.3) is 0 Å². The van der Waals surface area contributed by atoms with Crippen molar-refractivity contribution in [2.75, 3.05) is 6.61 Å². The van der Waals surface area contributed by atoms with Crippen LogP contribution in [-0.2, 0) is 10.2 Å². The number of carbonyl (C=O) groups is 1. The van der Waals surface area contributed by atoms with Crippen LogP contribution in [0.4, 0.5) is 0 Å². The molecular weight excluding hydrogens is 332 g/mol. The van der Waals surface area contributed by atoms with Gasteiger partial charge in [0, 0.05) is 9.89 Å². The lowest BCUT2D eigenvalue weighted by atomic mass is 9.91. The first kappa shape index (κ1) is 15.8. The van der Waals surface area contributed by atoms with Gasteiger partial charge in [-0.2, -0.15) is 5.10 Å². The number of halogens is 1. The van der Waals surface area contributed by atoms with Gasteiger partial charge in [-0.3, -0.25) is 0 Å². The number of esters is 1. The molecule has 0 amide bonds. The van der Waals surface area contributed by atoms with Gasteiger partial charge in [-0.1, -0.05) is 42.8 Å². The summed E-state index contributed by atoms with van der Waals surface area (Å²) in [7, 11) is 0. The van der Waals surface area contributed by atoms with Gasteiger partial charge in [-0.05, 0) is 31.2 Å². The summed E-state index contributed by atoms with van der Waals surface area (Å²) in [5, 5.41) is 4.43. The fourth-order valence-electron chi connectivity index (χ4n) is 2.02.